The molecule has 2 rings (SSSR count). The first-order valence-electron chi connectivity index (χ1n) is 7.39. The highest BCUT2D eigenvalue weighted by molar-refractivity contribution is 7.83. The number of benzene rings is 1. The van der Waals surface area contributed by atoms with Crippen LogP contribution in [0.1, 0.15) is 41.6 Å². The predicted octanol–water partition coefficient (Wildman–Crippen LogP) is 1.85. The van der Waals surface area contributed by atoms with Gasteiger partial charge in [0.05, 0.1) is 0 Å². The summed E-state index contributed by atoms with van der Waals surface area (Å²) >= 11 is 0. The summed E-state index contributed by atoms with van der Waals surface area (Å²) in [6, 6.07) is 7.53. The maximum atomic E-state index is 12.3. The second kappa shape index (κ2) is 7.71. The van der Waals surface area contributed by atoms with Crippen molar-refractivity contribution < 1.29 is 14.1 Å². The Bertz CT molecular complexity index is 510. The number of aliphatic hydroxyl groups is 1. The van der Waals surface area contributed by atoms with Crippen LogP contribution in [0.15, 0.2) is 24.3 Å². The van der Waals surface area contributed by atoms with Crippen LogP contribution in [0.4, 0.5) is 0 Å². The molecule has 1 aliphatic carbocycles. The van der Waals surface area contributed by atoms with Crippen LogP contribution in [0.5, 0.6) is 0 Å². The van der Waals surface area contributed by atoms with E-state index in [1.807, 2.05) is 18.2 Å². The molecule has 1 aromatic rings. The normalized spacial score (nSPS) is 23.5. The number of aliphatic hydroxyl groups excluding tert-OH is 1. The van der Waals surface area contributed by atoms with E-state index in [1.165, 1.54) is 0 Å². The predicted molar refractivity (Wildman–Crippen MR) is 84.5 cm³/mol. The highest BCUT2D eigenvalue weighted by Crippen LogP contribution is 2.24. The molecule has 0 aliphatic heterocycles. The molecule has 0 bridgehead atoms. The van der Waals surface area contributed by atoms with Crippen molar-refractivity contribution in [2.45, 2.75) is 37.5 Å². The Morgan fingerprint density at radius 1 is 1.33 bits per heavy atom. The van der Waals surface area contributed by atoms with Gasteiger partial charge in [0, 0.05) is 41.0 Å². The van der Waals surface area contributed by atoms with Crippen molar-refractivity contribution in [3.8, 4) is 0 Å². The Balaban J connectivity index is 1.93. The Labute approximate surface area is 128 Å². The molecular weight excluding hydrogens is 286 g/mol. The lowest BCUT2D eigenvalue weighted by molar-refractivity contribution is 0.0914. The third kappa shape index (κ3) is 4.93. The maximum absolute atomic E-state index is 12.3. The summed E-state index contributed by atoms with van der Waals surface area (Å²) in [5, 5.41) is 12.2. The van der Waals surface area contributed by atoms with Gasteiger partial charge >= 0.3 is 0 Å². The molecule has 0 aromatic heterocycles. The molecule has 1 fully saturated rings. The average molecular weight is 309 g/mol. The first kappa shape index (κ1) is 16.2. The van der Waals surface area contributed by atoms with Crippen molar-refractivity contribution >= 4 is 16.7 Å². The molecule has 1 amide bonds. The molecule has 21 heavy (non-hydrogen) atoms. The second-order valence-corrected chi connectivity index (χ2v) is 7.23. The van der Waals surface area contributed by atoms with Crippen molar-refractivity contribution in [3.63, 3.8) is 0 Å². The molecule has 0 spiro atoms. The third-order valence-corrected chi connectivity index (χ3v) is 4.74. The summed E-state index contributed by atoms with van der Waals surface area (Å²) in [6.07, 6.45) is 5.45. The quantitative estimate of drug-likeness (QED) is 0.872. The Morgan fingerprint density at radius 3 is 2.67 bits per heavy atom. The minimum Gasteiger partial charge on any atom is -0.396 e. The molecule has 2 N–H and O–H groups in total. The van der Waals surface area contributed by atoms with Crippen LogP contribution in [0.3, 0.4) is 0 Å². The number of nitrogens with one attached hydrogen (secondary N) is 1. The first-order valence-corrected chi connectivity index (χ1v) is 9.12. The van der Waals surface area contributed by atoms with Gasteiger partial charge in [-0.15, -0.1) is 0 Å². The van der Waals surface area contributed by atoms with Gasteiger partial charge in [0.25, 0.3) is 5.91 Å². The second-order valence-electron chi connectivity index (χ2n) is 5.79. The highest BCUT2D eigenvalue weighted by atomic mass is 32.2. The van der Waals surface area contributed by atoms with Crippen LogP contribution in [-0.2, 0) is 16.6 Å². The zero-order valence-electron chi connectivity index (χ0n) is 12.4. The summed E-state index contributed by atoms with van der Waals surface area (Å²) in [4.78, 5) is 12.3. The van der Waals surface area contributed by atoms with E-state index in [1.54, 1.807) is 12.3 Å². The van der Waals surface area contributed by atoms with Gasteiger partial charge < -0.3 is 10.4 Å². The molecule has 0 heterocycles. The van der Waals surface area contributed by atoms with Gasteiger partial charge in [0.1, 0.15) is 0 Å². The summed E-state index contributed by atoms with van der Waals surface area (Å²) in [5.74, 6) is 0.801. The summed E-state index contributed by atoms with van der Waals surface area (Å²) in [6.45, 7) is 0.247. The molecule has 1 atom stereocenters. The van der Waals surface area contributed by atoms with Crippen molar-refractivity contribution in [2.75, 3.05) is 12.9 Å². The summed E-state index contributed by atoms with van der Waals surface area (Å²) in [7, 11) is -0.905. The molecule has 1 unspecified atom stereocenters. The average Bonchev–Trinajstić information content (AvgIpc) is 2.47. The van der Waals surface area contributed by atoms with Gasteiger partial charge in [-0.1, -0.05) is 12.1 Å². The molecule has 1 aliphatic rings. The standard InChI is InChI=1S/C16H23NO3S/c1-21(20)11-13-3-2-4-14(9-13)16(19)17-15-7-5-12(10-18)6-8-15/h2-4,9,12,15,18H,5-8,10-11H2,1H3,(H,17,19). The fourth-order valence-electron chi connectivity index (χ4n) is 2.80. The van der Waals surface area contributed by atoms with E-state index < -0.39 is 10.8 Å². The van der Waals surface area contributed by atoms with Crippen LogP contribution in [-0.4, -0.2) is 34.1 Å². The van der Waals surface area contributed by atoms with Gasteiger partial charge in [0.2, 0.25) is 0 Å². The minimum atomic E-state index is -0.905. The summed E-state index contributed by atoms with van der Waals surface area (Å²) < 4.78 is 11.3. The van der Waals surface area contributed by atoms with E-state index in [-0.39, 0.29) is 18.6 Å². The van der Waals surface area contributed by atoms with Gasteiger partial charge in [-0.05, 0) is 49.3 Å². The Kier molecular flexibility index (Phi) is 5.94. The van der Waals surface area contributed by atoms with Gasteiger partial charge in [-0.3, -0.25) is 9.00 Å². The first-order chi connectivity index (χ1) is 10.1. The lowest BCUT2D eigenvalue weighted by Crippen LogP contribution is -2.38. The zero-order chi connectivity index (χ0) is 15.2. The van der Waals surface area contributed by atoms with Crippen LogP contribution >= 0.6 is 0 Å². The fraction of sp³-hybridized carbons (Fsp3) is 0.562. The number of carbonyl (C=O) groups excluding carboxylic acids is 1. The molecule has 4 nitrogen and oxygen atoms in total. The monoisotopic (exact) mass is 309 g/mol. The van der Waals surface area contributed by atoms with Crippen molar-refractivity contribution in [3.05, 3.63) is 35.4 Å². The van der Waals surface area contributed by atoms with Crippen LogP contribution in [0.2, 0.25) is 0 Å². The van der Waals surface area contributed by atoms with E-state index >= 15 is 0 Å². The smallest absolute Gasteiger partial charge is 0.251 e. The number of amides is 1. The Hall–Kier alpha value is -1.20. The Morgan fingerprint density at radius 2 is 2.05 bits per heavy atom. The topological polar surface area (TPSA) is 66.4 Å². The van der Waals surface area contributed by atoms with Gasteiger partial charge in [-0.2, -0.15) is 0 Å². The number of hydrogen-bond donors (Lipinski definition) is 2. The lowest BCUT2D eigenvalue weighted by atomic mass is 9.86. The molecule has 5 heteroatoms. The molecule has 0 saturated heterocycles. The molecular formula is C16H23NO3S. The molecule has 116 valence electrons. The van der Waals surface area contributed by atoms with Crippen molar-refractivity contribution in [2.24, 2.45) is 5.92 Å². The molecule has 1 saturated carbocycles. The minimum absolute atomic E-state index is 0.0637. The number of carbonyl (C=O) groups is 1. The third-order valence-electron chi connectivity index (χ3n) is 4.00. The number of hydrogen-bond acceptors (Lipinski definition) is 3. The largest absolute Gasteiger partial charge is 0.396 e. The maximum Gasteiger partial charge on any atom is 0.251 e. The number of rotatable bonds is 5. The van der Waals surface area contributed by atoms with E-state index in [2.05, 4.69) is 5.32 Å². The zero-order valence-corrected chi connectivity index (χ0v) is 13.2. The van der Waals surface area contributed by atoms with E-state index in [9.17, 15) is 9.00 Å². The SMILES string of the molecule is CS(=O)Cc1cccc(C(=O)NC2CCC(CO)CC2)c1. The van der Waals surface area contributed by atoms with E-state index in [0.29, 0.717) is 17.2 Å². The highest BCUT2D eigenvalue weighted by Gasteiger charge is 2.22. The van der Waals surface area contributed by atoms with E-state index in [0.717, 1.165) is 31.2 Å². The van der Waals surface area contributed by atoms with Crippen molar-refractivity contribution in [1.29, 1.82) is 0 Å². The van der Waals surface area contributed by atoms with E-state index in [4.69, 9.17) is 5.11 Å². The van der Waals surface area contributed by atoms with Gasteiger partial charge in [-0.25, -0.2) is 0 Å². The molecule has 1 aromatic carbocycles. The summed E-state index contributed by atoms with van der Waals surface area (Å²) in [5.41, 5.74) is 1.55. The van der Waals surface area contributed by atoms with Crippen LogP contribution < -0.4 is 5.32 Å². The lowest BCUT2D eigenvalue weighted by Gasteiger charge is -2.28. The van der Waals surface area contributed by atoms with Gasteiger partial charge in [0.15, 0.2) is 0 Å². The van der Waals surface area contributed by atoms with Crippen LogP contribution in [0.25, 0.3) is 0 Å². The van der Waals surface area contributed by atoms with Crippen molar-refractivity contribution in [1.82, 2.24) is 5.32 Å². The molecule has 0 radical (unpaired) electrons. The fourth-order valence-corrected chi connectivity index (χ4v) is 3.44. The van der Waals surface area contributed by atoms with Crippen LogP contribution in [0, 0.1) is 5.92 Å².